The minimum absolute atomic E-state index is 0.00825. The zero-order valence-electron chi connectivity index (χ0n) is 11.5. The average Bonchev–Trinajstić information content (AvgIpc) is 3.30. The van der Waals surface area contributed by atoms with Gasteiger partial charge in [-0.2, -0.15) is 0 Å². The molecule has 0 amide bonds. The number of hydrogen-bond donors (Lipinski definition) is 2. The van der Waals surface area contributed by atoms with Crippen molar-refractivity contribution >= 4 is 10.0 Å². The Morgan fingerprint density at radius 3 is 2.48 bits per heavy atom. The highest BCUT2D eigenvalue weighted by Gasteiger charge is 2.28. The van der Waals surface area contributed by atoms with E-state index in [0.29, 0.717) is 12.5 Å². The molecule has 0 aromatic heterocycles. The second kappa shape index (κ2) is 5.62. The van der Waals surface area contributed by atoms with Gasteiger partial charge >= 0.3 is 0 Å². The Bertz CT molecular complexity index is 641. The van der Waals surface area contributed by atoms with Crippen LogP contribution in [0.3, 0.4) is 0 Å². The molecule has 2 saturated carbocycles. The van der Waals surface area contributed by atoms with E-state index >= 15 is 0 Å². The van der Waals surface area contributed by atoms with Crippen molar-refractivity contribution in [3.63, 3.8) is 0 Å². The summed E-state index contributed by atoms with van der Waals surface area (Å²) in [5.74, 6) is -1.37. The van der Waals surface area contributed by atoms with Gasteiger partial charge in [-0.15, -0.1) is 0 Å². The summed E-state index contributed by atoms with van der Waals surface area (Å²) in [5, 5.41) is 3.00. The zero-order valence-corrected chi connectivity index (χ0v) is 12.3. The molecule has 2 fully saturated rings. The van der Waals surface area contributed by atoms with Gasteiger partial charge in [0.2, 0.25) is 10.0 Å². The molecular weight excluding hydrogens is 298 g/mol. The third-order valence-electron chi connectivity index (χ3n) is 3.84. The summed E-state index contributed by atoms with van der Waals surface area (Å²) < 4.78 is 54.7. The lowest BCUT2D eigenvalue weighted by Gasteiger charge is -2.11. The first-order valence-electron chi connectivity index (χ1n) is 7.17. The third kappa shape index (κ3) is 3.59. The molecule has 0 radical (unpaired) electrons. The predicted octanol–water partition coefficient (Wildman–Crippen LogP) is 1.91. The molecule has 2 aliphatic rings. The topological polar surface area (TPSA) is 58.2 Å². The molecule has 0 atom stereocenters. The van der Waals surface area contributed by atoms with Gasteiger partial charge in [0, 0.05) is 24.7 Å². The highest BCUT2D eigenvalue weighted by molar-refractivity contribution is 7.89. The molecule has 7 heteroatoms. The second-order valence-electron chi connectivity index (χ2n) is 5.79. The Hall–Kier alpha value is -1.05. The smallest absolute Gasteiger partial charge is 0.243 e. The number of halogens is 2. The highest BCUT2D eigenvalue weighted by Crippen LogP contribution is 2.29. The number of rotatable bonds is 7. The SMILES string of the molecule is O=S(=O)(NCC1CC1)c1ccc(F)c(CNC2CC2)c1F. The minimum Gasteiger partial charge on any atom is -0.310 e. The predicted molar refractivity (Wildman–Crippen MR) is 74.1 cm³/mol. The van der Waals surface area contributed by atoms with Crippen LogP contribution in [-0.4, -0.2) is 21.0 Å². The molecule has 0 saturated heterocycles. The number of hydrogen-bond acceptors (Lipinski definition) is 3. The van der Waals surface area contributed by atoms with E-state index in [-0.39, 0.29) is 18.2 Å². The lowest BCUT2D eigenvalue weighted by molar-refractivity contribution is 0.510. The van der Waals surface area contributed by atoms with Crippen LogP contribution in [0.15, 0.2) is 17.0 Å². The van der Waals surface area contributed by atoms with Gasteiger partial charge in [-0.05, 0) is 43.7 Å². The van der Waals surface area contributed by atoms with Crippen LogP contribution >= 0.6 is 0 Å². The van der Waals surface area contributed by atoms with E-state index in [9.17, 15) is 17.2 Å². The van der Waals surface area contributed by atoms with Gasteiger partial charge < -0.3 is 5.32 Å². The maximum Gasteiger partial charge on any atom is 0.243 e. The van der Waals surface area contributed by atoms with E-state index in [1.807, 2.05) is 0 Å². The summed E-state index contributed by atoms with van der Waals surface area (Å²) in [5.41, 5.74) is -0.212. The molecule has 2 N–H and O–H groups in total. The van der Waals surface area contributed by atoms with Crippen molar-refractivity contribution in [2.75, 3.05) is 6.54 Å². The van der Waals surface area contributed by atoms with Crippen molar-refractivity contribution in [3.05, 3.63) is 29.3 Å². The molecule has 0 spiro atoms. The Morgan fingerprint density at radius 2 is 1.86 bits per heavy atom. The number of nitrogens with one attached hydrogen (secondary N) is 2. The van der Waals surface area contributed by atoms with Gasteiger partial charge in [-0.25, -0.2) is 21.9 Å². The quantitative estimate of drug-likeness (QED) is 0.808. The molecule has 0 aliphatic heterocycles. The van der Waals surface area contributed by atoms with Crippen LogP contribution in [0.1, 0.15) is 31.2 Å². The van der Waals surface area contributed by atoms with Crippen LogP contribution in [0.5, 0.6) is 0 Å². The van der Waals surface area contributed by atoms with E-state index in [2.05, 4.69) is 10.0 Å². The number of sulfonamides is 1. The van der Waals surface area contributed by atoms with Gasteiger partial charge in [0.15, 0.2) is 5.82 Å². The number of benzene rings is 1. The Balaban J connectivity index is 1.81. The van der Waals surface area contributed by atoms with Gasteiger partial charge in [0.1, 0.15) is 10.7 Å². The molecule has 1 aromatic carbocycles. The van der Waals surface area contributed by atoms with E-state index in [1.165, 1.54) is 0 Å². The Kier molecular flexibility index (Phi) is 3.98. The summed E-state index contributed by atoms with van der Waals surface area (Å²) in [6, 6.07) is 2.29. The zero-order chi connectivity index (χ0) is 15.0. The summed E-state index contributed by atoms with van der Waals surface area (Å²) in [4.78, 5) is -0.475. The average molecular weight is 316 g/mol. The third-order valence-corrected chi connectivity index (χ3v) is 5.28. The van der Waals surface area contributed by atoms with E-state index in [4.69, 9.17) is 0 Å². The maximum atomic E-state index is 14.3. The first-order valence-corrected chi connectivity index (χ1v) is 8.65. The minimum atomic E-state index is -3.93. The fraction of sp³-hybridized carbons (Fsp3) is 0.571. The Labute approximate surface area is 123 Å². The lowest BCUT2D eigenvalue weighted by Crippen LogP contribution is -2.27. The van der Waals surface area contributed by atoms with Crippen LogP contribution in [0.25, 0.3) is 0 Å². The van der Waals surface area contributed by atoms with E-state index in [0.717, 1.165) is 37.8 Å². The van der Waals surface area contributed by atoms with E-state index in [1.54, 1.807) is 0 Å². The maximum absolute atomic E-state index is 14.3. The van der Waals surface area contributed by atoms with Crippen LogP contribution in [-0.2, 0) is 16.6 Å². The van der Waals surface area contributed by atoms with Gasteiger partial charge in [0.05, 0.1) is 0 Å². The van der Waals surface area contributed by atoms with Gasteiger partial charge in [0.25, 0.3) is 0 Å². The van der Waals surface area contributed by atoms with Crippen LogP contribution in [0.4, 0.5) is 8.78 Å². The highest BCUT2D eigenvalue weighted by atomic mass is 32.2. The van der Waals surface area contributed by atoms with Crippen molar-refractivity contribution in [1.82, 2.24) is 10.0 Å². The fourth-order valence-electron chi connectivity index (χ4n) is 2.11. The molecule has 0 unspecified atom stereocenters. The fourth-order valence-corrected chi connectivity index (χ4v) is 3.32. The summed E-state index contributed by atoms with van der Waals surface area (Å²) >= 11 is 0. The summed E-state index contributed by atoms with van der Waals surface area (Å²) in [6.45, 7) is 0.323. The molecule has 0 bridgehead atoms. The molecule has 4 nitrogen and oxygen atoms in total. The molecule has 3 rings (SSSR count). The van der Waals surface area contributed by atoms with Crippen molar-refractivity contribution in [3.8, 4) is 0 Å². The van der Waals surface area contributed by atoms with Crippen molar-refractivity contribution in [2.24, 2.45) is 5.92 Å². The van der Waals surface area contributed by atoms with Gasteiger partial charge in [-0.3, -0.25) is 0 Å². The monoisotopic (exact) mass is 316 g/mol. The van der Waals surface area contributed by atoms with Crippen molar-refractivity contribution in [1.29, 1.82) is 0 Å². The van der Waals surface area contributed by atoms with Crippen LogP contribution in [0.2, 0.25) is 0 Å². The molecular formula is C14H18F2N2O2S. The normalized spacial score (nSPS) is 19.0. The summed E-state index contributed by atoms with van der Waals surface area (Å²) in [7, 11) is -3.93. The molecule has 2 aliphatic carbocycles. The lowest BCUT2D eigenvalue weighted by atomic mass is 10.2. The summed E-state index contributed by atoms with van der Waals surface area (Å²) in [6.07, 6.45) is 3.96. The van der Waals surface area contributed by atoms with Crippen molar-refractivity contribution in [2.45, 2.75) is 43.2 Å². The Morgan fingerprint density at radius 1 is 1.14 bits per heavy atom. The standard InChI is InChI=1S/C14H18F2N2O2S/c15-12-5-6-13(21(19,20)18-7-9-1-2-9)14(16)11(12)8-17-10-3-4-10/h5-6,9-10,17-18H,1-4,7-8H2. The van der Waals surface area contributed by atoms with E-state index < -0.39 is 26.6 Å². The molecule has 116 valence electrons. The molecule has 21 heavy (non-hydrogen) atoms. The molecule has 1 aromatic rings. The largest absolute Gasteiger partial charge is 0.310 e. The van der Waals surface area contributed by atoms with Crippen LogP contribution in [0, 0.1) is 17.6 Å². The van der Waals surface area contributed by atoms with Crippen molar-refractivity contribution < 1.29 is 17.2 Å². The van der Waals surface area contributed by atoms with Crippen LogP contribution < -0.4 is 10.0 Å². The first-order chi connectivity index (χ1) is 9.97. The second-order valence-corrected chi connectivity index (χ2v) is 7.52. The molecule has 0 heterocycles. The first kappa shape index (κ1) is 14.9. The van der Waals surface area contributed by atoms with Gasteiger partial charge in [-0.1, -0.05) is 0 Å².